The number of benzene rings is 2. The number of carbonyl (C=O) groups is 3. The average Bonchev–Trinajstić information content (AvgIpc) is 3.32. The minimum Gasteiger partial charge on any atom is -0.338 e. The van der Waals surface area contributed by atoms with Crippen LogP contribution in [0, 0.1) is 6.92 Å². The van der Waals surface area contributed by atoms with Gasteiger partial charge in [-0.1, -0.05) is 48.5 Å². The van der Waals surface area contributed by atoms with Gasteiger partial charge in [-0.2, -0.15) is 5.10 Å². The number of likely N-dealkylation sites (tertiary alicyclic amines) is 1. The SMILES string of the molecule is CC(=O)NN=C1CCN(C(=O)C=C2c3ccccc3N(C(=O)c3sc(-c4ccccc4)nc3C)CCC2(F)F)CC1. The molecule has 1 saturated heterocycles. The molecule has 0 atom stereocenters. The summed E-state index contributed by atoms with van der Waals surface area (Å²) in [6, 6.07) is 15.9. The zero-order chi connectivity index (χ0) is 29.1. The standard InChI is InChI=1S/C30H29F2N5O3S/c1-19-27(41-28(33-19)21-8-4-3-5-9-21)29(40)37-17-14-30(31,32)24(23-10-6-7-11-25(23)37)18-26(39)36-15-12-22(13-16-36)35-34-20(2)38/h3-11,18H,12-17H2,1-2H3,(H,34,38). The number of nitrogens with one attached hydrogen (secondary N) is 1. The molecule has 0 radical (unpaired) electrons. The fourth-order valence-corrected chi connectivity index (χ4v) is 5.95. The number of allylic oxidation sites excluding steroid dienone is 1. The lowest BCUT2D eigenvalue weighted by Gasteiger charge is -2.27. The normalized spacial score (nSPS) is 17.6. The van der Waals surface area contributed by atoms with E-state index in [2.05, 4.69) is 15.5 Å². The summed E-state index contributed by atoms with van der Waals surface area (Å²) in [4.78, 5) is 45.9. The number of aromatic nitrogens is 1. The predicted octanol–water partition coefficient (Wildman–Crippen LogP) is 5.30. The van der Waals surface area contributed by atoms with Crippen LogP contribution in [0.3, 0.4) is 0 Å². The number of anilines is 1. The van der Waals surface area contributed by atoms with E-state index in [1.807, 2.05) is 30.3 Å². The Labute approximate surface area is 240 Å². The summed E-state index contributed by atoms with van der Waals surface area (Å²) in [5.74, 6) is -4.56. The summed E-state index contributed by atoms with van der Waals surface area (Å²) in [7, 11) is 0. The Morgan fingerprint density at radius 3 is 2.41 bits per heavy atom. The van der Waals surface area contributed by atoms with E-state index in [0.717, 1.165) is 17.4 Å². The molecule has 5 rings (SSSR count). The van der Waals surface area contributed by atoms with Crippen LogP contribution in [0.25, 0.3) is 16.1 Å². The van der Waals surface area contributed by atoms with Gasteiger partial charge in [0.15, 0.2) is 0 Å². The molecular weight excluding hydrogens is 548 g/mol. The van der Waals surface area contributed by atoms with E-state index in [1.54, 1.807) is 25.1 Å². The quantitative estimate of drug-likeness (QED) is 0.336. The monoisotopic (exact) mass is 577 g/mol. The largest absolute Gasteiger partial charge is 0.338 e. The Kier molecular flexibility index (Phi) is 8.07. The average molecular weight is 578 g/mol. The first kappa shape index (κ1) is 28.3. The number of thiazole rings is 1. The Morgan fingerprint density at radius 2 is 1.71 bits per heavy atom. The van der Waals surface area contributed by atoms with Gasteiger partial charge >= 0.3 is 0 Å². The molecule has 0 saturated carbocycles. The first-order valence-corrected chi connectivity index (χ1v) is 14.1. The molecular formula is C30H29F2N5O3S. The molecule has 0 bridgehead atoms. The van der Waals surface area contributed by atoms with E-state index in [-0.39, 0.29) is 18.0 Å². The molecule has 3 aromatic rings. The number of alkyl halides is 2. The number of piperidine rings is 1. The topological polar surface area (TPSA) is 95.0 Å². The third kappa shape index (κ3) is 6.09. The van der Waals surface area contributed by atoms with E-state index in [0.29, 0.717) is 47.2 Å². The number of hydrogen-bond donors (Lipinski definition) is 1. The van der Waals surface area contributed by atoms with E-state index >= 15 is 8.78 Å². The molecule has 1 aromatic heterocycles. The zero-order valence-corrected chi connectivity index (χ0v) is 23.5. The van der Waals surface area contributed by atoms with Gasteiger partial charge in [0.25, 0.3) is 11.8 Å². The summed E-state index contributed by atoms with van der Waals surface area (Å²) in [6.45, 7) is 3.47. The second-order valence-corrected chi connectivity index (χ2v) is 11.0. The molecule has 0 unspecified atom stereocenters. The van der Waals surface area contributed by atoms with Crippen molar-refractivity contribution in [3.05, 3.63) is 76.8 Å². The highest BCUT2D eigenvalue weighted by Crippen LogP contribution is 2.44. The van der Waals surface area contributed by atoms with Crippen molar-refractivity contribution in [2.45, 2.75) is 39.0 Å². The summed E-state index contributed by atoms with van der Waals surface area (Å²) in [6.07, 6.45) is 1.24. The van der Waals surface area contributed by atoms with Crippen LogP contribution in [0.2, 0.25) is 0 Å². The molecule has 2 aliphatic heterocycles. The number of halogens is 2. The first-order valence-electron chi connectivity index (χ1n) is 13.3. The molecule has 0 spiro atoms. The molecule has 212 valence electrons. The van der Waals surface area contributed by atoms with Crippen LogP contribution in [0.1, 0.15) is 47.1 Å². The van der Waals surface area contributed by atoms with Crippen molar-refractivity contribution in [2.24, 2.45) is 5.10 Å². The predicted molar refractivity (Wildman–Crippen MR) is 155 cm³/mol. The summed E-state index contributed by atoms with van der Waals surface area (Å²) < 4.78 is 31.3. The van der Waals surface area contributed by atoms with Crippen LogP contribution >= 0.6 is 11.3 Å². The number of rotatable bonds is 4. The number of fused-ring (bicyclic) bond motifs is 1. The third-order valence-corrected chi connectivity index (χ3v) is 8.27. The van der Waals surface area contributed by atoms with Gasteiger partial charge in [-0.15, -0.1) is 11.3 Å². The molecule has 41 heavy (non-hydrogen) atoms. The van der Waals surface area contributed by atoms with Crippen molar-refractivity contribution >= 4 is 46.0 Å². The highest BCUT2D eigenvalue weighted by molar-refractivity contribution is 7.17. The van der Waals surface area contributed by atoms with Crippen LogP contribution in [-0.2, 0) is 9.59 Å². The van der Waals surface area contributed by atoms with Crippen molar-refractivity contribution in [3.63, 3.8) is 0 Å². The van der Waals surface area contributed by atoms with Gasteiger partial charge in [-0.05, 0) is 13.0 Å². The minimum absolute atomic E-state index is 0.145. The van der Waals surface area contributed by atoms with Gasteiger partial charge in [0.1, 0.15) is 9.88 Å². The smallest absolute Gasteiger partial charge is 0.275 e. The van der Waals surface area contributed by atoms with Crippen molar-refractivity contribution < 1.29 is 23.2 Å². The van der Waals surface area contributed by atoms with Crippen LogP contribution in [0.4, 0.5) is 14.5 Å². The summed E-state index contributed by atoms with van der Waals surface area (Å²) in [5.41, 5.74) is 4.60. The van der Waals surface area contributed by atoms with Gasteiger partial charge < -0.3 is 9.80 Å². The molecule has 1 N–H and O–H groups in total. The van der Waals surface area contributed by atoms with Gasteiger partial charge in [0, 0.05) is 74.3 Å². The number of carbonyl (C=O) groups excluding carboxylic acids is 3. The minimum atomic E-state index is -3.34. The maximum Gasteiger partial charge on any atom is 0.275 e. The molecule has 3 heterocycles. The van der Waals surface area contributed by atoms with E-state index in [9.17, 15) is 14.4 Å². The second-order valence-electron chi connectivity index (χ2n) is 9.96. The van der Waals surface area contributed by atoms with Crippen LogP contribution < -0.4 is 10.3 Å². The van der Waals surface area contributed by atoms with Gasteiger partial charge in [0.2, 0.25) is 11.8 Å². The molecule has 2 aromatic carbocycles. The third-order valence-electron chi connectivity index (χ3n) is 7.08. The molecule has 0 aliphatic carbocycles. The maximum atomic E-state index is 15.7. The summed E-state index contributed by atoms with van der Waals surface area (Å²) >= 11 is 1.23. The number of para-hydroxylation sites is 1. The molecule has 2 aliphatic rings. The maximum absolute atomic E-state index is 15.7. The van der Waals surface area contributed by atoms with Crippen LogP contribution in [-0.4, -0.2) is 58.9 Å². The fraction of sp³-hybridized carbons (Fsp3) is 0.300. The van der Waals surface area contributed by atoms with Crippen molar-refractivity contribution in [1.29, 1.82) is 0 Å². The van der Waals surface area contributed by atoms with Gasteiger partial charge in [-0.25, -0.2) is 19.2 Å². The molecule has 3 amide bonds. The lowest BCUT2D eigenvalue weighted by molar-refractivity contribution is -0.126. The Hall–Kier alpha value is -4.25. The first-order chi connectivity index (χ1) is 19.6. The molecule has 11 heteroatoms. The van der Waals surface area contributed by atoms with E-state index in [4.69, 9.17) is 0 Å². The Bertz CT molecular complexity index is 1540. The number of amides is 3. The lowest BCUT2D eigenvalue weighted by atomic mass is 9.96. The molecule has 8 nitrogen and oxygen atoms in total. The number of aryl methyl sites for hydroxylation is 1. The summed E-state index contributed by atoms with van der Waals surface area (Å²) in [5, 5.41) is 4.71. The van der Waals surface area contributed by atoms with Crippen LogP contribution in [0.15, 0.2) is 65.8 Å². The number of hydrazone groups is 1. The van der Waals surface area contributed by atoms with Gasteiger partial charge in [-0.3, -0.25) is 14.4 Å². The Morgan fingerprint density at radius 1 is 1.02 bits per heavy atom. The van der Waals surface area contributed by atoms with Gasteiger partial charge in [0.05, 0.1) is 11.4 Å². The van der Waals surface area contributed by atoms with Crippen molar-refractivity contribution in [2.75, 3.05) is 24.5 Å². The van der Waals surface area contributed by atoms with E-state index in [1.165, 1.54) is 34.1 Å². The highest BCUT2D eigenvalue weighted by Gasteiger charge is 2.42. The second kappa shape index (κ2) is 11.7. The number of hydrogen-bond acceptors (Lipinski definition) is 6. The lowest BCUT2D eigenvalue weighted by Crippen LogP contribution is -2.38. The molecule has 1 fully saturated rings. The zero-order valence-electron chi connectivity index (χ0n) is 22.7. The van der Waals surface area contributed by atoms with Crippen molar-refractivity contribution in [1.82, 2.24) is 15.3 Å². The van der Waals surface area contributed by atoms with Crippen molar-refractivity contribution in [3.8, 4) is 10.6 Å². The Balaban J connectivity index is 1.43. The fourth-order valence-electron chi connectivity index (χ4n) is 4.93. The number of nitrogens with zero attached hydrogens (tertiary/aromatic N) is 4. The van der Waals surface area contributed by atoms with E-state index < -0.39 is 29.7 Å². The van der Waals surface area contributed by atoms with Crippen LogP contribution in [0.5, 0.6) is 0 Å². The highest BCUT2D eigenvalue weighted by atomic mass is 32.1.